The molecule has 2 amide bonds. The van der Waals surface area contributed by atoms with Crippen LogP contribution in [0.1, 0.15) is 52.0 Å². The van der Waals surface area contributed by atoms with Gasteiger partial charge in [-0.15, -0.1) is 0 Å². The van der Waals surface area contributed by atoms with E-state index in [9.17, 15) is 9.59 Å². The largest absolute Gasteiger partial charge is 0.454 e. The third-order valence-corrected chi connectivity index (χ3v) is 6.62. The number of hydrogen-bond donors (Lipinski definition) is 1. The summed E-state index contributed by atoms with van der Waals surface area (Å²) in [6.07, 6.45) is 2.34. The molecular weight excluding hydrogens is 446 g/mol. The third kappa shape index (κ3) is 4.60. The van der Waals surface area contributed by atoms with Gasteiger partial charge < -0.3 is 24.2 Å². The lowest BCUT2D eigenvalue weighted by Gasteiger charge is -2.34. The summed E-state index contributed by atoms with van der Waals surface area (Å²) in [6.45, 7) is 7.14. The van der Waals surface area contributed by atoms with Gasteiger partial charge in [-0.05, 0) is 68.9 Å². The van der Waals surface area contributed by atoms with Crippen LogP contribution in [0.5, 0.6) is 11.5 Å². The van der Waals surface area contributed by atoms with E-state index >= 15 is 0 Å². The summed E-state index contributed by atoms with van der Waals surface area (Å²) >= 11 is 0. The van der Waals surface area contributed by atoms with Crippen molar-refractivity contribution in [2.24, 2.45) is 0 Å². The van der Waals surface area contributed by atoms with E-state index in [4.69, 9.17) is 14.0 Å². The zero-order chi connectivity index (χ0) is 24.5. The van der Waals surface area contributed by atoms with Gasteiger partial charge in [0.2, 0.25) is 12.7 Å². The second-order valence-electron chi connectivity index (χ2n) is 9.27. The first kappa shape index (κ1) is 23.0. The second-order valence-corrected chi connectivity index (χ2v) is 9.27. The van der Waals surface area contributed by atoms with E-state index in [1.807, 2.05) is 39.0 Å². The lowest BCUT2D eigenvalue weighted by molar-refractivity contribution is -0.126. The number of nitrogens with zero attached hydrogens (tertiary/aromatic N) is 2. The molecule has 2 aromatic carbocycles. The maximum absolute atomic E-state index is 13.4. The van der Waals surface area contributed by atoms with E-state index in [0.717, 1.165) is 35.1 Å². The Kier molecular flexibility index (Phi) is 6.19. The Morgan fingerprint density at radius 3 is 2.60 bits per heavy atom. The molecule has 0 aliphatic carbocycles. The van der Waals surface area contributed by atoms with Gasteiger partial charge in [0.15, 0.2) is 23.0 Å². The number of amides is 2. The predicted molar refractivity (Wildman–Crippen MR) is 129 cm³/mol. The molecule has 2 aliphatic rings. The first-order valence-electron chi connectivity index (χ1n) is 11.9. The van der Waals surface area contributed by atoms with Gasteiger partial charge in [0.25, 0.3) is 5.91 Å². The van der Waals surface area contributed by atoms with Crippen LogP contribution in [-0.4, -0.2) is 41.3 Å². The van der Waals surface area contributed by atoms with Crippen LogP contribution < -0.4 is 14.8 Å². The van der Waals surface area contributed by atoms with Gasteiger partial charge in [0, 0.05) is 24.7 Å². The molecule has 8 nitrogen and oxygen atoms in total. The maximum Gasteiger partial charge on any atom is 0.276 e. The number of likely N-dealkylation sites (tertiary alicyclic amines) is 1. The number of carbonyl (C=O) groups is 2. The van der Waals surface area contributed by atoms with Gasteiger partial charge in [0.1, 0.15) is 6.04 Å². The zero-order valence-electron chi connectivity index (χ0n) is 20.2. The molecule has 1 aromatic heterocycles. The zero-order valence-corrected chi connectivity index (χ0v) is 20.2. The normalized spacial score (nSPS) is 16.9. The van der Waals surface area contributed by atoms with E-state index in [2.05, 4.69) is 22.6 Å². The van der Waals surface area contributed by atoms with Gasteiger partial charge in [-0.3, -0.25) is 9.59 Å². The molecule has 35 heavy (non-hydrogen) atoms. The van der Waals surface area contributed by atoms with Crippen LogP contribution in [0, 0.1) is 20.8 Å². The smallest absolute Gasteiger partial charge is 0.276 e. The molecule has 1 atom stereocenters. The summed E-state index contributed by atoms with van der Waals surface area (Å²) in [6, 6.07) is 10.9. The Labute approximate surface area is 204 Å². The van der Waals surface area contributed by atoms with Gasteiger partial charge in [0.05, 0.1) is 0 Å². The SMILES string of the molecule is Cc1cc(C)c(-c2cc(C(=O)N3CCCC[C@@H]3C(=O)NCc3ccc4c(c3)OCO4)no2)c(C)c1. The van der Waals surface area contributed by atoms with Crippen LogP contribution in [-0.2, 0) is 11.3 Å². The highest BCUT2D eigenvalue weighted by Crippen LogP contribution is 2.33. The number of fused-ring (bicyclic) bond motifs is 1. The van der Waals surface area contributed by atoms with E-state index < -0.39 is 6.04 Å². The van der Waals surface area contributed by atoms with Crippen molar-refractivity contribution >= 4 is 11.8 Å². The molecular formula is C27H29N3O5. The highest BCUT2D eigenvalue weighted by atomic mass is 16.7. The lowest BCUT2D eigenvalue weighted by atomic mass is 9.97. The number of benzene rings is 2. The van der Waals surface area contributed by atoms with Crippen LogP contribution in [0.15, 0.2) is 40.9 Å². The minimum Gasteiger partial charge on any atom is -0.454 e. The van der Waals surface area contributed by atoms with Crippen molar-refractivity contribution in [3.63, 3.8) is 0 Å². The van der Waals surface area contributed by atoms with Crippen LogP contribution >= 0.6 is 0 Å². The fraction of sp³-hybridized carbons (Fsp3) is 0.370. The molecule has 1 N–H and O–H groups in total. The Morgan fingerprint density at radius 2 is 1.80 bits per heavy atom. The first-order valence-corrected chi connectivity index (χ1v) is 11.9. The summed E-state index contributed by atoms with van der Waals surface area (Å²) < 4.78 is 16.3. The molecule has 2 aliphatic heterocycles. The quantitative estimate of drug-likeness (QED) is 0.591. The second kappa shape index (κ2) is 9.44. The average Bonchev–Trinajstić information content (AvgIpc) is 3.51. The maximum atomic E-state index is 13.4. The highest BCUT2D eigenvalue weighted by molar-refractivity contribution is 5.97. The number of aryl methyl sites for hydroxylation is 3. The van der Waals surface area contributed by atoms with Gasteiger partial charge in [-0.25, -0.2) is 0 Å². The lowest BCUT2D eigenvalue weighted by Crippen LogP contribution is -2.51. The van der Waals surface area contributed by atoms with Crippen molar-refractivity contribution in [2.45, 2.75) is 52.6 Å². The van der Waals surface area contributed by atoms with Crippen LogP contribution in [0.4, 0.5) is 0 Å². The molecule has 0 spiro atoms. The third-order valence-electron chi connectivity index (χ3n) is 6.62. The fourth-order valence-corrected chi connectivity index (χ4v) is 5.01. The Hall–Kier alpha value is -3.81. The molecule has 1 fully saturated rings. The van der Waals surface area contributed by atoms with Crippen molar-refractivity contribution in [3.8, 4) is 22.8 Å². The summed E-state index contributed by atoms with van der Waals surface area (Å²) in [5, 5.41) is 7.04. The minimum atomic E-state index is -0.548. The van der Waals surface area contributed by atoms with Crippen molar-refractivity contribution in [1.82, 2.24) is 15.4 Å². The van der Waals surface area contributed by atoms with E-state index in [1.165, 1.54) is 5.56 Å². The van der Waals surface area contributed by atoms with Crippen molar-refractivity contribution in [3.05, 3.63) is 64.3 Å². The van der Waals surface area contributed by atoms with Crippen molar-refractivity contribution < 1.29 is 23.6 Å². The molecule has 5 rings (SSSR count). The Balaban J connectivity index is 1.30. The molecule has 3 aromatic rings. The van der Waals surface area contributed by atoms with E-state index in [1.54, 1.807) is 11.0 Å². The minimum absolute atomic E-state index is 0.176. The van der Waals surface area contributed by atoms with Crippen LogP contribution in [0.3, 0.4) is 0 Å². The summed E-state index contributed by atoms with van der Waals surface area (Å²) in [5.74, 6) is 1.47. The summed E-state index contributed by atoms with van der Waals surface area (Å²) in [7, 11) is 0. The van der Waals surface area contributed by atoms with Crippen molar-refractivity contribution in [2.75, 3.05) is 13.3 Å². The van der Waals surface area contributed by atoms with Gasteiger partial charge in [-0.2, -0.15) is 0 Å². The van der Waals surface area contributed by atoms with Crippen LogP contribution in [0.2, 0.25) is 0 Å². The molecule has 3 heterocycles. The molecule has 182 valence electrons. The number of carbonyl (C=O) groups excluding carboxylic acids is 2. The summed E-state index contributed by atoms with van der Waals surface area (Å²) in [5.41, 5.74) is 5.37. The van der Waals surface area contributed by atoms with Gasteiger partial charge >= 0.3 is 0 Å². The molecule has 8 heteroatoms. The molecule has 0 radical (unpaired) electrons. The number of piperidine rings is 1. The average molecular weight is 476 g/mol. The first-order chi connectivity index (χ1) is 16.9. The number of nitrogens with one attached hydrogen (secondary N) is 1. The number of rotatable bonds is 5. The molecule has 0 unspecified atom stereocenters. The standard InChI is InChI=1S/C27H29N3O5/c1-16-10-17(2)25(18(3)11-16)24-13-20(29-35-24)27(32)30-9-5-4-6-21(30)26(31)28-14-19-7-8-22-23(12-19)34-15-33-22/h7-8,10-13,21H,4-6,9,14-15H2,1-3H3,(H,28,31)/t21-/m1/s1. The number of ether oxygens (including phenoxy) is 2. The topological polar surface area (TPSA) is 93.9 Å². The Bertz CT molecular complexity index is 1260. The van der Waals surface area contributed by atoms with Crippen molar-refractivity contribution in [1.29, 1.82) is 0 Å². The number of aromatic nitrogens is 1. The van der Waals surface area contributed by atoms with Crippen LogP contribution in [0.25, 0.3) is 11.3 Å². The fourth-order valence-electron chi connectivity index (χ4n) is 5.01. The monoisotopic (exact) mass is 475 g/mol. The van der Waals surface area contributed by atoms with E-state index in [0.29, 0.717) is 36.8 Å². The Morgan fingerprint density at radius 1 is 1.03 bits per heavy atom. The molecule has 0 saturated carbocycles. The summed E-state index contributed by atoms with van der Waals surface area (Å²) in [4.78, 5) is 28.1. The highest BCUT2D eigenvalue weighted by Gasteiger charge is 2.34. The number of hydrogen-bond acceptors (Lipinski definition) is 6. The molecule has 0 bridgehead atoms. The molecule has 1 saturated heterocycles. The predicted octanol–water partition coefficient (Wildman–Crippen LogP) is 4.31. The van der Waals surface area contributed by atoms with E-state index in [-0.39, 0.29) is 24.3 Å². The van der Waals surface area contributed by atoms with Gasteiger partial charge in [-0.1, -0.05) is 28.9 Å².